The molecular formula is C23H31N3O2. The van der Waals surface area contributed by atoms with Crippen molar-refractivity contribution in [2.24, 2.45) is 5.73 Å². The van der Waals surface area contributed by atoms with Crippen LogP contribution in [0, 0.1) is 0 Å². The van der Waals surface area contributed by atoms with E-state index in [0.29, 0.717) is 18.7 Å². The zero-order valence-electron chi connectivity index (χ0n) is 16.9. The quantitative estimate of drug-likeness (QED) is 0.643. The van der Waals surface area contributed by atoms with Crippen LogP contribution in [-0.4, -0.2) is 36.3 Å². The van der Waals surface area contributed by atoms with E-state index < -0.39 is 5.91 Å². The average Bonchev–Trinajstić information content (AvgIpc) is 2.72. The molecule has 28 heavy (non-hydrogen) atoms. The number of primary amides is 1. The summed E-state index contributed by atoms with van der Waals surface area (Å²) in [5.74, 6) is -0.496. The van der Waals surface area contributed by atoms with Gasteiger partial charge in [-0.15, -0.1) is 0 Å². The average molecular weight is 382 g/mol. The van der Waals surface area contributed by atoms with Crippen molar-refractivity contribution in [1.82, 2.24) is 4.90 Å². The molecule has 0 aliphatic heterocycles. The van der Waals surface area contributed by atoms with Gasteiger partial charge in [-0.3, -0.25) is 9.59 Å². The smallest absolute Gasteiger partial charge is 0.254 e. The van der Waals surface area contributed by atoms with Gasteiger partial charge in [-0.25, -0.2) is 0 Å². The first-order valence-corrected chi connectivity index (χ1v) is 10.0. The summed E-state index contributed by atoms with van der Waals surface area (Å²) < 4.78 is 0. The van der Waals surface area contributed by atoms with Gasteiger partial charge in [-0.1, -0.05) is 43.7 Å². The lowest BCUT2D eigenvalue weighted by atomic mass is 10.1. The number of rotatable bonds is 11. The second-order valence-electron chi connectivity index (χ2n) is 6.91. The minimum absolute atomic E-state index is 0.0896. The van der Waals surface area contributed by atoms with E-state index in [0.717, 1.165) is 37.2 Å². The Kier molecular flexibility index (Phi) is 8.53. The van der Waals surface area contributed by atoms with E-state index in [1.807, 2.05) is 54.6 Å². The first kappa shape index (κ1) is 21.5. The Bertz CT molecular complexity index is 744. The maximum Gasteiger partial charge on any atom is 0.254 e. The molecule has 0 aliphatic rings. The second-order valence-corrected chi connectivity index (χ2v) is 6.91. The molecule has 5 heteroatoms. The SMILES string of the molecule is CCCCN(CC)c1ccc(C(=O)N(CCC(N)=O)Cc2ccccc2)cc1. The van der Waals surface area contributed by atoms with E-state index in [9.17, 15) is 9.59 Å². The second kappa shape index (κ2) is 11.1. The van der Waals surface area contributed by atoms with E-state index >= 15 is 0 Å². The van der Waals surface area contributed by atoms with Gasteiger partial charge in [0.2, 0.25) is 5.91 Å². The molecule has 2 aromatic rings. The zero-order chi connectivity index (χ0) is 20.4. The van der Waals surface area contributed by atoms with Crippen molar-refractivity contribution in [3.8, 4) is 0 Å². The van der Waals surface area contributed by atoms with Crippen LogP contribution in [-0.2, 0) is 11.3 Å². The van der Waals surface area contributed by atoms with Gasteiger partial charge in [0, 0.05) is 43.9 Å². The van der Waals surface area contributed by atoms with Crippen LogP contribution in [0.3, 0.4) is 0 Å². The number of carbonyl (C=O) groups excluding carboxylic acids is 2. The number of amides is 2. The van der Waals surface area contributed by atoms with Gasteiger partial charge in [-0.2, -0.15) is 0 Å². The summed E-state index contributed by atoms with van der Waals surface area (Å²) in [5, 5.41) is 0. The Morgan fingerprint density at radius 2 is 1.61 bits per heavy atom. The number of benzene rings is 2. The molecule has 0 aromatic heterocycles. The van der Waals surface area contributed by atoms with Gasteiger partial charge in [-0.05, 0) is 43.2 Å². The summed E-state index contributed by atoms with van der Waals surface area (Å²) in [7, 11) is 0. The minimum atomic E-state index is -0.407. The zero-order valence-corrected chi connectivity index (χ0v) is 16.9. The third-order valence-electron chi connectivity index (χ3n) is 4.77. The standard InChI is InChI=1S/C23H31N3O2/c1-3-5-16-25(4-2)21-13-11-20(12-14-21)23(28)26(17-15-22(24)27)18-19-9-7-6-8-10-19/h6-14H,3-5,15-18H2,1-2H3,(H2,24,27). The normalized spacial score (nSPS) is 10.5. The maximum absolute atomic E-state index is 13.0. The maximum atomic E-state index is 13.0. The highest BCUT2D eigenvalue weighted by molar-refractivity contribution is 5.94. The molecule has 2 rings (SSSR count). The highest BCUT2D eigenvalue weighted by atomic mass is 16.2. The van der Waals surface area contributed by atoms with Crippen molar-refractivity contribution in [3.05, 3.63) is 65.7 Å². The van der Waals surface area contributed by atoms with Crippen molar-refractivity contribution < 1.29 is 9.59 Å². The van der Waals surface area contributed by atoms with Gasteiger partial charge in [0.05, 0.1) is 0 Å². The minimum Gasteiger partial charge on any atom is -0.372 e. The van der Waals surface area contributed by atoms with Gasteiger partial charge < -0.3 is 15.5 Å². The first-order chi connectivity index (χ1) is 13.5. The number of unbranched alkanes of at least 4 members (excludes halogenated alkanes) is 1. The van der Waals surface area contributed by atoms with Crippen LogP contribution in [0.2, 0.25) is 0 Å². The molecule has 0 saturated heterocycles. The highest BCUT2D eigenvalue weighted by Crippen LogP contribution is 2.18. The highest BCUT2D eigenvalue weighted by Gasteiger charge is 2.17. The number of hydrogen-bond acceptors (Lipinski definition) is 3. The fraction of sp³-hybridized carbons (Fsp3) is 0.391. The molecule has 0 saturated carbocycles. The molecule has 2 amide bonds. The van der Waals surface area contributed by atoms with Crippen LogP contribution in [0.25, 0.3) is 0 Å². The Balaban J connectivity index is 2.14. The van der Waals surface area contributed by atoms with Crippen molar-refractivity contribution in [2.45, 2.75) is 39.7 Å². The van der Waals surface area contributed by atoms with Crippen LogP contribution in [0.1, 0.15) is 49.0 Å². The van der Waals surface area contributed by atoms with E-state index in [1.54, 1.807) is 4.90 Å². The largest absolute Gasteiger partial charge is 0.372 e. The first-order valence-electron chi connectivity index (χ1n) is 10.0. The third-order valence-corrected chi connectivity index (χ3v) is 4.77. The number of nitrogens with two attached hydrogens (primary N) is 1. The van der Waals surface area contributed by atoms with Gasteiger partial charge in [0.25, 0.3) is 5.91 Å². The van der Waals surface area contributed by atoms with Crippen LogP contribution in [0.4, 0.5) is 5.69 Å². The molecule has 150 valence electrons. The molecule has 0 radical (unpaired) electrons. The number of nitrogens with zero attached hydrogens (tertiary/aromatic N) is 2. The Labute approximate surface area is 168 Å². The summed E-state index contributed by atoms with van der Waals surface area (Å²) in [6, 6.07) is 17.5. The van der Waals surface area contributed by atoms with Crippen molar-refractivity contribution in [3.63, 3.8) is 0 Å². The molecule has 0 atom stereocenters. The van der Waals surface area contributed by atoms with Crippen LogP contribution in [0.15, 0.2) is 54.6 Å². The predicted octanol–water partition coefficient (Wildman–Crippen LogP) is 3.83. The molecule has 0 fully saturated rings. The molecule has 0 bridgehead atoms. The Hall–Kier alpha value is -2.82. The number of hydrogen-bond donors (Lipinski definition) is 1. The molecule has 0 heterocycles. The third kappa shape index (κ3) is 6.41. The van der Waals surface area contributed by atoms with Crippen molar-refractivity contribution >= 4 is 17.5 Å². The van der Waals surface area contributed by atoms with E-state index in [-0.39, 0.29) is 12.3 Å². The van der Waals surface area contributed by atoms with Crippen LogP contribution >= 0.6 is 0 Å². The fourth-order valence-electron chi connectivity index (χ4n) is 3.12. The molecule has 0 spiro atoms. The lowest BCUT2D eigenvalue weighted by molar-refractivity contribution is -0.118. The topological polar surface area (TPSA) is 66.6 Å². The molecular weight excluding hydrogens is 350 g/mol. The lowest BCUT2D eigenvalue weighted by Crippen LogP contribution is -2.33. The summed E-state index contributed by atoms with van der Waals surface area (Å²) in [4.78, 5) is 28.3. The van der Waals surface area contributed by atoms with Crippen molar-refractivity contribution in [1.29, 1.82) is 0 Å². The summed E-state index contributed by atoms with van der Waals surface area (Å²) in [5.41, 5.74) is 8.07. The molecule has 2 aromatic carbocycles. The Morgan fingerprint density at radius 1 is 0.929 bits per heavy atom. The monoisotopic (exact) mass is 381 g/mol. The molecule has 5 nitrogen and oxygen atoms in total. The lowest BCUT2D eigenvalue weighted by Gasteiger charge is -2.25. The van der Waals surface area contributed by atoms with Crippen molar-refractivity contribution in [2.75, 3.05) is 24.5 Å². The van der Waals surface area contributed by atoms with E-state index in [2.05, 4.69) is 18.7 Å². The van der Waals surface area contributed by atoms with Crippen LogP contribution in [0.5, 0.6) is 0 Å². The van der Waals surface area contributed by atoms with E-state index in [4.69, 9.17) is 5.73 Å². The Morgan fingerprint density at radius 3 is 2.18 bits per heavy atom. The molecule has 0 unspecified atom stereocenters. The number of carbonyl (C=O) groups is 2. The summed E-state index contributed by atoms with van der Waals surface area (Å²) in [6.45, 7) is 7.03. The summed E-state index contributed by atoms with van der Waals surface area (Å²) in [6.07, 6.45) is 2.45. The predicted molar refractivity (Wildman–Crippen MR) is 114 cm³/mol. The van der Waals surface area contributed by atoms with Gasteiger partial charge in [0.15, 0.2) is 0 Å². The van der Waals surface area contributed by atoms with Crippen LogP contribution < -0.4 is 10.6 Å². The van der Waals surface area contributed by atoms with E-state index in [1.165, 1.54) is 0 Å². The van der Waals surface area contributed by atoms with Gasteiger partial charge in [0.1, 0.15) is 0 Å². The molecule has 2 N–H and O–H groups in total. The molecule has 0 aliphatic carbocycles. The fourth-order valence-corrected chi connectivity index (χ4v) is 3.12. The van der Waals surface area contributed by atoms with Gasteiger partial charge >= 0.3 is 0 Å². The summed E-state index contributed by atoms with van der Waals surface area (Å²) >= 11 is 0. The number of anilines is 1.